The van der Waals surface area contributed by atoms with Crippen LogP contribution in [-0.4, -0.2) is 39.4 Å². The number of carbonyl (C=O) groups is 1. The monoisotopic (exact) mass is 441 g/mol. The molecule has 0 saturated heterocycles. The third-order valence-electron chi connectivity index (χ3n) is 4.86. The first kappa shape index (κ1) is 21.3. The number of hydrogen-bond acceptors (Lipinski definition) is 5. The van der Waals surface area contributed by atoms with Crippen molar-refractivity contribution in [2.75, 3.05) is 13.7 Å². The van der Waals surface area contributed by atoms with E-state index in [9.17, 15) is 18.0 Å². The van der Waals surface area contributed by atoms with Crippen LogP contribution in [0, 0.1) is 0 Å². The normalized spacial score (nSPS) is 11.5. The highest BCUT2D eigenvalue weighted by molar-refractivity contribution is 5.94. The summed E-state index contributed by atoms with van der Waals surface area (Å²) in [5, 5.41) is 14.7. The second-order valence-electron chi connectivity index (χ2n) is 6.97. The average Bonchev–Trinajstić information content (AvgIpc) is 3.27. The molecule has 0 fully saturated rings. The number of alkyl halides is 3. The molecule has 0 aliphatic heterocycles. The topological polar surface area (TPSA) is 81.4 Å². The predicted octanol–water partition coefficient (Wildman–Crippen LogP) is 3.79. The van der Waals surface area contributed by atoms with E-state index in [2.05, 4.69) is 20.6 Å². The molecule has 0 bridgehead atoms. The van der Waals surface area contributed by atoms with Gasteiger partial charge in [-0.25, -0.2) is 0 Å². The summed E-state index contributed by atoms with van der Waals surface area (Å²) >= 11 is 0. The van der Waals surface area contributed by atoms with E-state index in [1.807, 2.05) is 24.3 Å². The van der Waals surface area contributed by atoms with Crippen molar-refractivity contribution in [3.05, 3.63) is 77.7 Å². The summed E-state index contributed by atoms with van der Waals surface area (Å²) in [5.74, 6) is 0.286. The van der Waals surface area contributed by atoms with E-state index in [1.54, 1.807) is 7.11 Å². The molecule has 0 unspecified atom stereocenters. The number of ether oxygens (including phenoxy) is 1. The molecule has 1 amide bonds. The van der Waals surface area contributed by atoms with E-state index in [0.717, 1.165) is 23.4 Å². The zero-order valence-corrected chi connectivity index (χ0v) is 16.9. The highest BCUT2D eigenvalue weighted by atomic mass is 19.4. The van der Waals surface area contributed by atoms with E-state index in [4.69, 9.17) is 4.74 Å². The Kier molecular flexibility index (Phi) is 5.76. The zero-order valence-electron chi connectivity index (χ0n) is 16.9. The van der Waals surface area contributed by atoms with Crippen LogP contribution in [0.2, 0.25) is 0 Å². The van der Waals surface area contributed by atoms with Gasteiger partial charge in [-0.2, -0.15) is 22.8 Å². The van der Waals surface area contributed by atoms with Gasteiger partial charge in [-0.05, 0) is 47.9 Å². The lowest BCUT2D eigenvalue weighted by molar-refractivity contribution is -0.137. The van der Waals surface area contributed by atoms with Crippen LogP contribution in [0.1, 0.15) is 21.6 Å². The van der Waals surface area contributed by atoms with Gasteiger partial charge in [0.15, 0.2) is 5.65 Å². The molecule has 2 heterocycles. The smallest absolute Gasteiger partial charge is 0.416 e. The van der Waals surface area contributed by atoms with Gasteiger partial charge in [-0.15, -0.1) is 10.2 Å². The number of aromatic nitrogens is 4. The summed E-state index contributed by atoms with van der Waals surface area (Å²) in [6.45, 7) is 0.353. The Hall–Kier alpha value is -3.95. The Labute approximate surface area is 180 Å². The van der Waals surface area contributed by atoms with Gasteiger partial charge in [-0.3, -0.25) is 4.79 Å². The number of benzene rings is 2. The molecule has 0 aliphatic carbocycles. The fourth-order valence-corrected chi connectivity index (χ4v) is 3.22. The van der Waals surface area contributed by atoms with Crippen LogP contribution < -0.4 is 10.1 Å². The molecule has 0 radical (unpaired) electrons. The lowest BCUT2D eigenvalue weighted by atomic mass is 10.0. The number of amides is 1. The maximum absolute atomic E-state index is 13.2. The zero-order chi connectivity index (χ0) is 22.7. The minimum Gasteiger partial charge on any atom is -0.497 e. The highest BCUT2D eigenvalue weighted by Gasteiger charge is 2.30. The summed E-state index contributed by atoms with van der Waals surface area (Å²) in [4.78, 5) is 12.7. The van der Waals surface area contributed by atoms with Crippen LogP contribution in [0.15, 0.2) is 60.9 Å². The molecule has 1 N–H and O–H groups in total. The van der Waals surface area contributed by atoms with Crippen molar-refractivity contribution in [1.29, 1.82) is 0 Å². The van der Waals surface area contributed by atoms with Gasteiger partial charge >= 0.3 is 6.18 Å². The van der Waals surface area contributed by atoms with Gasteiger partial charge in [0, 0.05) is 12.1 Å². The molecule has 10 heteroatoms. The second kappa shape index (κ2) is 8.66. The van der Waals surface area contributed by atoms with Crippen molar-refractivity contribution in [3.8, 4) is 16.9 Å². The van der Waals surface area contributed by atoms with Gasteiger partial charge in [-0.1, -0.05) is 24.3 Å². The van der Waals surface area contributed by atoms with Crippen LogP contribution in [-0.2, 0) is 12.6 Å². The Morgan fingerprint density at radius 2 is 1.91 bits per heavy atom. The molecule has 0 aliphatic rings. The third kappa shape index (κ3) is 4.53. The van der Waals surface area contributed by atoms with Crippen LogP contribution >= 0.6 is 0 Å². The lowest BCUT2D eigenvalue weighted by Gasteiger charge is -2.11. The van der Waals surface area contributed by atoms with Crippen molar-refractivity contribution in [1.82, 2.24) is 25.1 Å². The molecular weight excluding hydrogens is 423 g/mol. The van der Waals surface area contributed by atoms with Crippen molar-refractivity contribution in [2.24, 2.45) is 0 Å². The molecule has 0 atom stereocenters. The fraction of sp³-hybridized carbons (Fsp3) is 0.182. The van der Waals surface area contributed by atoms with Crippen molar-refractivity contribution in [2.45, 2.75) is 12.6 Å². The summed E-state index contributed by atoms with van der Waals surface area (Å²) in [5.41, 5.74) is 1.09. The summed E-state index contributed by atoms with van der Waals surface area (Å²) in [6, 6.07) is 13.7. The Balaban J connectivity index is 1.56. The van der Waals surface area contributed by atoms with Crippen molar-refractivity contribution in [3.63, 3.8) is 0 Å². The standard InChI is InChI=1S/C22H18F3N5O2/c1-32-17-7-5-14(6-8-17)9-10-26-21(31)19-12-18(20-28-27-13-30(20)29-19)15-3-2-4-16(11-15)22(23,24)25/h2-8,11-13H,9-10H2,1H3,(H,26,31). The lowest BCUT2D eigenvalue weighted by Crippen LogP contribution is -2.27. The molecule has 32 heavy (non-hydrogen) atoms. The van der Waals surface area contributed by atoms with E-state index in [1.165, 1.54) is 29.0 Å². The number of fused-ring (bicyclic) bond motifs is 1. The first-order valence-electron chi connectivity index (χ1n) is 9.65. The molecular formula is C22H18F3N5O2. The first-order valence-corrected chi connectivity index (χ1v) is 9.65. The molecule has 2 aromatic heterocycles. The van der Waals surface area contributed by atoms with E-state index < -0.39 is 17.6 Å². The largest absolute Gasteiger partial charge is 0.497 e. The molecule has 4 aromatic rings. The van der Waals surface area contributed by atoms with E-state index in [-0.39, 0.29) is 16.9 Å². The number of carbonyl (C=O) groups excluding carboxylic acids is 1. The van der Waals surface area contributed by atoms with Gasteiger partial charge < -0.3 is 10.1 Å². The highest BCUT2D eigenvalue weighted by Crippen LogP contribution is 2.33. The fourth-order valence-electron chi connectivity index (χ4n) is 3.22. The molecule has 7 nitrogen and oxygen atoms in total. The number of hydrogen-bond donors (Lipinski definition) is 1. The molecule has 164 valence electrons. The number of nitrogens with zero attached hydrogens (tertiary/aromatic N) is 4. The van der Waals surface area contributed by atoms with Gasteiger partial charge in [0.2, 0.25) is 0 Å². The van der Waals surface area contributed by atoms with Crippen LogP contribution in [0.5, 0.6) is 5.75 Å². The average molecular weight is 441 g/mol. The SMILES string of the molecule is COc1ccc(CCNC(=O)c2cc(-c3cccc(C(F)(F)F)c3)c3nncn3n2)cc1. The molecule has 4 rings (SSSR count). The number of halogens is 3. The quantitative estimate of drug-likeness (QED) is 0.492. The Morgan fingerprint density at radius 3 is 2.62 bits per heavy atom. The van der Waals surface area contributed by atoms with E-state index in [0.29, 0.717) is 18.5 Å². The predicted molar refractivity (Wildman–Crippen MR) is 110 cm³/mol. The number of methoxy groups -OCH3 is 1. The maximum atomic E-state index is 13.2. The minimum absolute atomic E-state index is 0.0412. The molecule has 0 spiro atoms. The molecule has 0 saturated carbocycles. The summed E-state index contributed by atoms with van der Waals surface area (Å²) in [6.07, 6.45) is -2.61. The van der Waals surface area contributed by atoms with Crippen LogP contribution in [0.3, 0.4) is 0 Å². The third-order valence-corrected chi connectivity index (χ3v) is 4.86. The van der Waals surface area contributed by atoms with Crippen LogP contribution in [0.4, 0.5) is 13.2 Å². The van der Waals surface area contributed by atoms with Gasteiger partial charge in [0.25, 0.3) is 5.91 Å². The van der Waals surface area contributed by atoms with Gasteiger partial charge in [0.05, 0.1) is 12.7 Å². The van der Waals surface area contributed by atoms with E-state index >= 15 is 0 Å². The summed E-state index contributed by atoms with van der Waals surface area (Å²) in [7, 11) is 1.59. The van der Waals surface area contributed by atoms with Crippen LogP contribution in [0.25, 0.3) is 16.8 Å². The van der Waals surface area contributed by atoms with Gasteiger partial charge in [0.1, 0.15) is 17.8 Å². The maximum Gasteiger partial charge on any atom is 0.416 e. The number of rotatable bonds is 6. The number of nitrogens with one attached hydrogen (secondary N) is 1. The molecule has 2 aromatic carbocycles. The van der Waals surface area contributed by atoms with Crippen molar-refractivity contribution < 1.29 is 22.7 Å². The summed E-state index contributed by atoms with van der Waals surface area (Å²) < 4.78 is 45.8. The first-order chi connectivity index (χ1) is 15.3. The Morgan fingerprint density at radius 1 is 1.12 bits per heavy atom. The van der Waals surface area contributed by atoms with Crippen molar-refractivity contribution >= 4 is 11.6 Å². The minimum atomic E-state index is -4.49. The Bertz CT molecular complexity index is 1250. The second-order valence-corrected chi connectivity index (χ2v) is 6.97.